The number of hydrogen-bond acceptors (Lipinski definition) is 5. The van der Waals surface area contributed by atoms with Crippen molar-refractivity contribution in [2.75, 3.05) is 13.4 Å². The molecule has 0 radical (unpaired) electrons. The lowest BCUT2D eigenvalue weighted by molar-refractivity contribution is 0.0691. The van der Waals surface area contributed by atoms with E-state index in [4.69, 9.17) is 9.84 Å². The topological polar surface area (TPSA) is 72.3 Å². The predicted octanol–water partition coefficient (Wildman–Crippen LogP) is 0.905. The maximum Gasteiger partial charge on any atom is 0.340 e. The summed E-state index contributed by atoms with van der Waals surface area (Å²) in [5.41, 5.74) is 0.0910. The van der Waals surface area contributed by atoms with Gasteiger partial charge in [0.25, 0.3) is 0 Å². The molecule has 5 nitrogen and oxygen atoms in total. The molecule has 6 heteroatoms. The van der Waals surface area contributed by atoms with Gasteiger partial charge in [-0.1, -0.05) is 0 Å². The van der Waals surface area contributed by atoms with Crippen molar-refractivity contribution in [2.24, 2.45) is 0 Å². The summed E-state index contributed by atoms with van der Waals surface area (Å²) in [6.45, 7) is 0. The number of aromatic nitrogens is 2. The third kappa shape index (κ3) is 2.09. The molecule has 0 aromatic carbocycles. The average Bonchev–Trinajstić information content (AvgIpc) is 2.16. The number of rotatable bonds is 3. The summed E-state index contributed by atoms with van der Waals surface area (Å²) in [7, 11) is 1.43. The number of carboxylic acids is 1. The number of nitrogens with zero attached hydrogens (tertiary/aromatic N) is 2. The van der Waals surface area contributed by atoms with Gasteiger partial charge in [0.05, 0.1) is 7.11 Å². The minimum absolute atomic E-state index is 0.0910. The highest BCUT2D eigenvalue weighted by Crippen LogP contribution is 2.18. The van der Waals surface area contributed by atoms with Gasteiger partial charge in [-0.3, -0.25) is 0 Å². The number of thioether (sulfide) groups is 1. The molecular weight excluding hydrogens is 192 g/mol. The molecule has 70 valence electrons. The smallest absolute Gasteiger partial charge is 0.340 e. The Morgan fingerprint density at radius 3 is 2.85 bits per heavy atom. The van der Waals surface area contributed by atoms with Crippen molar-refractivity contribution >= 4 is 17.7 Å². The number of hydrogen-bond donors (Lipinski definition) is 1. The molecule has 1 aromatic rings. The van der Waals surface area contributed by atoms with Crippen LogP contribution in [0.25, 0.3) is 0 Å². The van der Waals surface area contributed by atoms with Crippen LogP contribution in [0.4, 0.5) is 0 Å². The molecule has 0 unspecified atom stereocenters. The molecule has 0 bridgehead atoms. The Bertz CT molecular complexity index is 330. The summed E-state index contributed by atoms with van der Waals surface area (Å²) in [5.74, 6) is -1.04. The molecule has 0 saturated heterocycles. The van der Waals surface area contributed by atoms with Gasteiger partial charge in [-0.05, 0) is 6.26 Å². The second-order valence-electron chi connectivity index (χ2n) is 2.08. The lowest BCUT2D eigenvalue weighted by Gasteiger charge is -2.02. The maximum absolute atomic E-state index is 10.6. The van der Waals surface area contributed by atoms with Gasteiger partial charge in [-0.15, -0.1) is 11.8 Å². The Balaban J connectivity index is 3.15. The lowest BCUT2D eigenvalue weighted by Crippen LogP contribution is -2.03. The molecule has 0 amide bonds. The number of ether oxygens (including phenoxy) is 1. The monoisotopic (exact) mass is 200 g/mol. The first-order chi connectivity index (χ1) is 6.19. The summed E-state index contributed by atoms with van der Waals surface area (Å²) in [6, 6.07) is 0.175. The Labute approximate surface area is 79.2 Å². The van der Waals surface area contributed by atoms with Gasteiger partial charge in [0.2, 0.25) is 0 Å². The minimum atomic E-state index is -1.04. The molecule has 0 saturated carbocycles. The first-order valence-electron chi connectivity index (χ1n) is 3.37. The van der Waals surface area contributed by atoms with Gasteiger partial charge in [0.15, 0.2) is 0 Å². The third-order valence-corrected chi connectivity index (χ3v) is 2.04. The summed E-state index contributed by atoms with van der Waals surface area (Å²) in [6.07, 6.45) is 2.98. The second-order valence-corrected chi connectivity index (χ2v) is 2.88. The van der Waals surface area contributed by atoms with Gasteiger partial charge in [-0.2, -0.15) is 4.98 Å². The summed E-state index contributed by atoms with van der Waals surface area (Å²) < 4.78 is 4.76. The normalized spacial score (nSPS) is 9.69. The van der Waals surface area contributed by atoms with E-state index in [0.717, 1.165) is 0 Å². The van der Waals surface area contributed by atoms with E-state index in [1.807, 2.05) is 0 Å². The molecule has 13 heavy (non-hydrogen) atoms. The fourth-order valence-electron chi connectivity index (χ4n) is 0.752. The van der Waals surface area contributed by atoms with Gasteiger partial charge in [0.1, 0.15) is 10.6 Å². The van der Waals surface area contributed by atoms with E-state index in [2.05, 4.69) is 9.97 Å². The van der Waals surface area contributed by atoms with Gasteiger partial charge in [-0.25, -0.2) is 9.78 Å². The molecular formula is C7H8N2O3S. The zero-order valence-corrected chi connectivity index (χ0v) is 7.96. The van der Waals surface area contributed by atoms with Crippen LogP contribution in [0.2, 0.25) is 0 Å². The molecule has 0 aliphatic heterocycles. The minimum Gasteiger partial charge on any atom is -0.478 e. The van der Waals surface area contributed by atoms with Crippen LogP contribution < -0.4 is 4.74 Å². The van der Waals surface area contributed by atoms with E-state index in [-0.39, 0.29) is 11.6 Å². The van der Waals surface area contributed by atoms with Crippen LogP contribution in [-0.2, 0) is 0 Å². The number of methoxy groups -OCH3 is 1. The highest BCUT2D eigenvalue weighted by molar-refractivity contribution is 7.98. The van der Waals surface area contributed by atoms with Gasteiger partial charge in [0, 0.05) is 6.20 Å². The largest absolute Gasteiger partial charge is 0.478 e. The van der Waals surface area contributed by atoms with Crippen LogP contribution in [0, 0.1) is 0 Å². The molecule has 1 N–H and O–H groups in total. The van der Waals surface area contributed by atoms with E-state index in [0.29, 0.717) is 5.03 Å². The standard InChI is InChI=1S/C7H8N2O3S/c1-12-7-8-3-4(6(10)11)5(9-7)13-2/h3H,1-2H3,(H,10,11). The van der Waals surface area contributed by atoms with E-state index in [1.165, 1.54) is 25.1 Å². The van der Waals surface area contributed by atoms with Crippen LogP contribution in [0.5, 0.6) is 6.01 Å². The van der Waals surface area contributed by atoms with E-state index >= 15 is 0 Å². The van der Waals surface area contributed by atoms with Crippen LogP contribution >= 0.6 is 11.8 Å². The Morgan fingerprint density at radius 1 is 1.69 bits per heavy atom. The zero-order valence-electron chi connectivity index (χ0n) is 7.14. The summed E-state index contributed by atoms with van der Waals surface area (Å²) in [5, 5.41) is 9.13. The van der Waals surface area contributed by atoms with Crippen molar-refractivity contribution < 1.29 is 14.6 Å². The molecule has 0 atom stereocenters. The number of carbonyl (C=O) groups is 1. The van der Waals surface area contributed by atoms with Crippen LogP contribution in [0.1, 0.15) is 10.4 Å². The van der Waals surface area contributed by atoms with Gasteiger partial charge >= 0.3 is 12.0 Å². The highest BCUT2D eigenvalue weighted by Gasteiger charge is 2.12. The average molecular weight is 200 g/mol. The summed E-state index contributed by atoms with van der Waals surface area (Å²) in [4.78, 5) is 18.2. The molecule has 0 aliphatic rings. The second kappa shape index (κ2) is 4.08. The molecule has 0 aliphatic carbocycles. The first-order valence-corrected chi connectivity index (χ1v) is 4.59. The van der Waals surface area contributed by atoms with Crippen molar-refractivity contribution in [1.82, 2.24) is 9.97 Å². The molecule has 1 heterocycles. The quantitative estimate of drug-likeness (QED) is 0.577. The number of aromatic carboxylic acids is 1. The molecule has 0 spiro atoms. The summed E-state index contributed by atoms with van der Waals surface area (Å²) >= 11 is 1.24. The predicted molar refractivity (Wildman–Crippen MR) is 47.3 cm³/mol. The zero-order chi connectivity index (χ0) is 9.84. The van der Waals surface area contributed by atoms with Gasteiger partial charge < -0.3 is 9.84 Å². The molecule has 1 rings (SSSR count). The molecule has 1 aromatic heterocycles. The van der Waals surface area contributed by atoms with Crippen LogP contribution in [0.15, 0.2) is 11.2 Å². The third-order valence-electron chi connectivity index (χ3n) is 1.34. The van der Waals surface area contributed by atoms with E-state index in [1.54, 1.807) is 6.26 Å². The molecule has 0 fully saturated rings. The first kappa shape index (κ1) is 9.79. The fourth-order valence-corrected chi connectivity index (χ4v) is 1.28. The van der Waals surface area contributed by atoms with Crippen molar-refractivity contribution in [3.63, 3.8) is 0 Å². The van der Waals surface area contributed by atoms with Crippen LogP contribution in [-0.4, -0.2) is 34.4 Å². The number of carboxylic acid groups (broad SMARTS) is 1. The lowest BCUT2D eigenvalue weighted by atomic mass is 10.3. The van der Waals surface area contributed by atoms with E-state index < -0.39 is 5.97 Å². The van der Waals surface area contributed by atoms with Crippen molar-refractivity contribution in [3.8, 4) is 6.01 Å². The maximum atomic E-state index is 10.6. The Kier molecular flexibility index (Phi) is 3.07. The van der Waals surface area contributed by atoms with Crippen LogP contribution in [0.3, 0.4) is 0 Å². The van der Waals surface area contributed by atoms with Crippen molar-refractivity contribution in [3.05, 3.63) is 11.8 Å². The fraction of sp³-hybridized carbons (Fsp3) is 0.286. The van der Waals surface area contributed by atoms with Crippen molar-refractivity contribution in [1.29, 1.82) is 0 Å². The Morgan fingerprint density at radius 2 is 2.38 bits per heavy atom. The highest BCUT2D eigenvalue weighted by atomic mass is 32.2. The SMILES string of the molecule is COc1ncc(C(=O)O)c(SC)n1. The Hall–Kier alpha value is -1.30. The van der Waals surface area contributed by atoms with E-state index in [9.17, 15) is 4.79 Å². The van der Waals surface area contributed by atoms with Crippen molar-refractivity contribution in [2.45, 2.75) is 5.03 Å².